The summed E-state index contributed by atoms with van der Waals surface area (Å²) < 4.78 is 1.73. The van der Waals surface area contributed by atoms with E-state index in [1.807, 2.05) is 12.1 Å². The van der Waals surface area contributed by atoms with E-state index in [-0.39, 0.29) is 10.9 Å². The van der Waals surface area contributed by atoms with Crippen LogP contribution in [0.1, 0.15) is 15.2 Å². The number of thiocarbonyl (C=S) groups is 1. The minimum Gasteiger partial charge on any atom is -0.389 e. The number of carbonyl (C=O) groups excluding carboxylic acids is 1. The number of nitrogens with two attached hydrogens (primary N) is 1. The lowest BCUT2D eigenvalue weighted by Gasteiger charge is -2.08. The standard InChI is InChI=1S/C12H8Br2N2OS2/c13-7-5-9(19-10(7)14)12(17)16-8-4-2-1-3-6(8)11(15)18/h1-5H,(H2,15,18)(H,16,17). The van der Waals surface area contributed by atoms with E-state index in [1.54, 1.807) is 18.2 Å². The molecule has 0 unspecified atom stereocenters. The van der Waals surface area contributed by atoms with E-state index in [2.05, 4.69) is 37.2 Å². The van der Waals surface area contributed by atoms with E-state index in [0.717, 1.165) is 8.26 Å². The van der Waals surface area contributed by atoms with Gasteiger partial charge in [0.25, 0.3) is 5.91 Å². The number of para-hydroxylation sites is 1. The predicted molar refractivity (Wildman–Crippen MR) is 90.0 cm³/mol. The molecule has 2 aromatic rings. The van der Waals surface area contributed by atoms with Gasteiger partial charge in [-0.2, -0.15) is 0 Å². The normalized spacial score (nSPS) is 10.2. The van der Waals surface area contributed by atoms with Gasteiger partial charge in [0.1, 0.15) is 4.99 Å². The third-order valence-electron chi connectivity index (χ3n) is 2.31. The molecule has 98 valence electrons. The molecule has 1 aromatic carbocycles. The van der Waals surface area contributed by atoms with Gasteiger partial charge in [-0.1, -0.05) is 24.4 Å². The maximum atomic E-state index is 12.1. The number of carbonyl (C=O) groups is 1. The largest absolute Gasteiger partial charge is 0.389 e. The first-order chi connectivity index (χ1) is 8.99. The molecule has 1 amide bonds. The van der Waals surface area contributed by atoms with Gasteiger partial charge in [-0.25, -0.2) is 0 Å². The van der Waals surface area contributed by atoms with Crippen LogP contribution >= 0.6 is 55.4 Å². The molecule has 0 spiro atoms. The number of thiophene rings is 1. The summed E-state index contributed by atoms with van der Waals surface area (Å²) in [6.45, 7) is 0. The number of anilines is 1. The summed E-state index contributed by atoms with van der Waals surface area (Å²) in [6.07, 6.45) is 0. The maximum absolute atomic E-state index is 12.1. The van der Waals surface area contributed by atoms with E-state index < -0.39 is 0 Å². The van der Waals surface area contributed by atoms with Gasteiger partial charge in [-0.05, 0) is 50.1 Å². The van der Waals surface area contributed by atoms with Gasteiger partial charge in [-0.15, -0.1) is 11.3 Å². The summed E-state index contributed by atoms with van der Waals surface area (Å²) in [5.74, 6) is -0.194. The van der Waals surface area contributed by atoms with Crippen molar-refractivity contribution in [3.63, 3.8) is 0 Å². The maximum Gasteiger partial charge on any atom is 0.265 e. The van der Waals surface area contributed by atoms with Crippen LogP contribution in [0, 0.1) is 0 Å². The molecule has 0 atom stereocenters. The number of nitrogens with one attached hydrogen (secondary N) is 1. The second-order valence-electron chi connectivity index (χ2n) is 3.60. The fourth-order valence-electron chi connectivity index (χ4n) is 1.45. The monoisotopic (exact) mass is 418 g/mol. The summed E-state index contributed by atoms with van der Waals surface area (Å²) in [5, 5.41) is 2.81. The Morgan fingerprint density at radius 3 is 2.58 bits per heavy atom. The summed E-state index contributed by atoms with van der Waals surface area (Å²) in [4.78, 5) is 13.0. The van der Waals surface area contributed by atoms with Crippen LogP contribution in [-0.2, 0) is 0 Å². The Kier molecular flexibility index (Phi) is 4.72. The Balaban J connectivity index is 2.26. The van der Waals surface area contributed by atoms with Crippen molar-refractivity contribution < 1.29 is 4.79 Å². The van der Waals surface area contributed by atoms with Crippen molar-refractivity contribution >= 4 is 72.0 Å². The molecular weight excluding hydrogens is 412 g/mol. The van der Waals surface area contributed by atoms with Crippen LogP contribution in [0.3, 0.4) is 0 Å². The van der Waals surface area contributed by atoms with Crippen LogP contribution in [0.2, 0.25) is 0 Å². The first-order valence-electron chi connectivity index (χ1n) is 5.14. The molecule has 0 fully saturated rings. The molecule has 0 aliphatic carbocycles. The number of halogens is 2. The fourth-order valence-corrected chi connectivity index (χ4v) is 3.56. The average Bonchev–Trinajstić information content (AvgIpc) is 2.70. The SMILES string of the molecule is NC(=S)c1ccccc1NC(=O)c1cc(Br)c(Br)s1. The molecule has 1 aromatic heterocycles. The van der Waals surface area contributed by atoms with Crippen molar-refractivity contribution in [1.82, 2.24) is 0 Å². The quantitative estimate of drug-likeness (QED) is 0.734. The van der Waals surface area contributed by atoms with Crippen LogP contribution in [0.15, 0.2) is 38.6 Å². The Morgan fingerprint density at radius 1 is 1.32 bits per heavy atom. The Labute approximate surface area is 136 Å². The molecule has 0 bridgehead atoms. The van der Waals surface area contributed by atoms with E-state index in [4.69, 9.17) is 18.0 Å². The molecule has 0 aliphatic rings. The molecule has 19 heavy (non-hydrogen) atoms. The topological polar surface area (TPSA) is 55.1 Å². The molecule has 1 heterocycles. The van der Waals surface area contributed by atoms with Crippen molar-refractivity contribution in [2.75, 3.05) is 5.32 Å². The lowest BCUT2D eigenvalue weighted by Crippen LogP contribution is -2.16. The fraction of sp³-hybridized carbons (Fsp3) is 0. The van der Waals surface area contributed by atoms with Gasteiger partial charge < -0.3 is 11.1 Å². The van der Waals surface area contributed by atoms with Gasteiger partial charge in [0.15, 0.2) is 0 Å². The summed E-state index contributed by atoms with van der Waals surface area (Å²) in [7, 11) is 0. The van der Waals surface area contributed by atoms with E-state index in [9.17, 15) is 4.79 Å². The zero-order valence-corrected chi connectivity index (χ0v) is 14.2. The van der Waals surface area contributed by atoms with Crippen molar-refractivity contribution in [3.05, 3.63) is 49.0 Å². The van der Waals surface area contributed by atoms with Crippen LogP contribution in [0.5, 0.6) is 0 Å². The molecule has 3 nitrogen and oxygen atoms in total. The lowest BCUT2D eigenvalue weighted by molar-refractivity contribution is 0.103. The molecule has 0 radical (unpaired) electrons. The minimum absolute atomic E-state index is 0.194. The van der Waals surface area contributed by atoms with E-state index >= 15 is 0 Å². The Hall–Kier alpha value is -0.760. The highest BCUT2D eigenvalue weighted by molar-refractivity contribution is 9.13. The predicted octanol–water partition coefficient (Wildman–Crippen LogP) is 4.16. The molecule has 2 rings (SSSR count). The molecule has 3 N–H and O–H groups in total. The first-order valence-corrected chi connectivity index (χ1v) is 7.95. The van der Waals surface area contributed by atoms with Gasteiger partial charge in [0.2, 0.25) is 0 Å². The first kappa shape index (κ1) is 14.6. The Morgan fingerprint density at radius 2 is 2.00 bits per heavy atom. The molecule has 0 aliphatic heterocycles. The third kappa shape index (κ3) is 3.42. The van der Waals surface area contributed by atoms with E-state index in [0.29, 0.717) is 16.1 Å². The zero-order valence-electron chi connectivity index (χ0n) is 9.44. The number of hydrogen-bond acceptors (Lipinski definition) is 3. The third-order valence-corrected chi connectivity index (χ3v) is 5.78. The number of benzene rings is 1. The zero-order chi connectivity index (χ0) is 14.0. The summed E-state index contributed by atoms with van der Waals surface area (Å²) >= 11 is 13.0. The summed E-state index contributed by atoms with van der Waals surface area (Å²) in [6, 6.07) is 8.94. The number of amides is 1. The number of rotatable bonds is 3. The van der Waals surface area contributed by atoms with Crippen molar-refractivity contribution in [1.29, 1.82) is 0 Å². The number of hydrogen-bond donors (Lipinski definition) is 2. The second kappa shape index (κ2) is 6.13. The van der Waals surface area contributed by atoms with Crippen LogP contribution in [0.4, 0.5) is 5.69 Å². The van der Waals surface area contributed by atoms with Crippen molar-refractivity contribution in [2.45, 2.75) is 0 Å². The van der Waals surface area contributed by atoms with Gasteiger partial charge >= 0.3 is 0 Å². The lowest BCUT2D eigenvalue weighted by atomic mass is 10.2. The highest BCUT2D eigenvalue weighted by Crippen LogP contribution is 2.32. The Bertz CT molecular complexity index is 635. The van der Waals surface area contributed by atoms with Crippen LogP contribution in [-0.4, -0.2) is 10.9 Å². The summed E-state index contributed by atoms with van der Waals surface area (Å²) in [5.41, 5.74) is 6.89. The highest BCUT2D eigenvalue weighted by atomic mass is 79.9. The minimum atomic E-state index is -0.194. The van der Waals surface area contributed by atoms with Crippen molar-refractivity contribution in [2.24, 2.45) is 5.73 Å². The van der Waals surface area contributed by atoms with Gasteiger partial charge in [0.05, 0.1) is 14.4 Å². The second-order valence-corrected chi connectivity index (χ2v) is 7.26. The average molecular weight is 420 g/mol. The molecule has 0 saturated heterocycles. The van der Waals surface area contributed by atoms with Gasteiger partial charge in [-0.3, -0.25) is 4.79 Å². The van der Waals surface area contributed by atoms with Gasteiger partial charge in [0, 0.05) is 10.0 Å². The highest BCUT2D eigenvalue weighted by Gasteiger charge is 2.14. The smallest absolute Gasteiger partial charge is 0.265 e. The van der Waals surface area contributed by atoms with Crippen LogP contribution < -0.4 is 11.1 Å². The molecule has 7 heteroatoms. The molecular formula is C12H8Br2N2OS2. The molecule has 0 saturated carbocycles. The van der Waals surface area contributed by atoms with Crippen LogP contribution in [0.25, 0.3) is 0 Å². The van der Waals surface area contributed by atoms with Crippen molar-refractivity contribution in [3.8, 4) is 0 Å². The van der Waals surface area contributed by atoms with E-state index in [1.165, 1.54) is 11.3 Å².